The summed E-state index contributed by atoms with van der Waals surface area (Å²) in [5, 5.41) is 6.62. The van der Waals surface area contributed by atoms with Gasteiger partial charge in [-0.05, 0) is 37.5 Å². The Hall–Kier alpha value is -1.79. The van der Waals surface area contributed by atoms with Crippen LogP contribution in [0.1, 0.15) is 25.3 Å². The second kappa shape index (κ2) is 10.9. The minimum Gasteiger partial charge on any atom is -0.491 e. The molecule has 0 amide bonds. The van der Waals surface area contributed by atoms with Crippen LogP contribution in [0.25, 0.3) is 0 Å². The van der Waals surface area contributed by atoms with Crippen molar-refractivity contribution in [2.75, 3.05) is 40.0 Å². The predicted molar refractivity (Wildman–Crippen MR) is 95.6 cm³/mol. The number of rotatable bonds is 9. The van der Waals surface area contributed by atoms with E-state index in [4.69, 9.17) is 14.2 Å². The summed E-state index contributed by atoms with van der Waals surface area (Å²) in [6.07, 6.45) is 2.56. The quantitative estimate of drug-likeness (QED) is 0.410. The molecule has 1 heterocycles. The number of ether oxygens (including phenoxy) is 3. The number of methoxy groups -OCH3 is 1. The number of benzene rings is 1. The molecule has 0 radical (unpaired) electrons. The first kappa shape index (κ1) is 18.5. The van der Waals surface area contributed by atoms with Crippen LogP contribution < -0.4 is 15.4 Å². The summed E-state index contributed by atoms with van der Waals surface area (Å²) in [6.45, 7) is 6.30. The lowest BCUT2D eigenvalue weighted by Gasteiger charge is -2.15. The lowest BCUT2D eigenvalue weighted by molar-refractivity contribution is 0.114. The lowest BCUT2D eigenvalue weighted by Crippen LogP contribution is -2.41. The summed E-state index contributed by atoms with van der Waals surface area (Å²) >= 11 is 0. The summed E-state index contributed by atoms with van der Waals surface area (Å²) in [5.74, 6) is 1.66. The molecular weight excluding hydrogens is 306 g/mol. The molecule has 0 aliphatic carbocycles. The van der Waals surface area contributed by atoms with Crippen molar-refractivity contribution in [2.45, 2.75) is 32.4 Å². The highest BCUT2D eigenvalue weighted by Gasteiger charge is 2.15. The van der Waals surface area contributed by atoms with Crippen molar-refractivity contribution in [3.63, 3.8) is 0 Å². The third-order valence-electron chi connectivity index (χ3n) is 3.74. The summed E-state index contributed by atoms with van der Waals surface area (Å²) in [7, 11) is 1.67. The molecule has 0 saturated carbocycles. The zero-order valence-electron chi connectivity index (χ0n) is 14.7. The maximum absolute atomic E-state index is 5.64. The number of guanidine groups is 1. The van der Waals surface area contributed by atoms with Crippen LogP contribution in [-0.4, -0.2) is 52.1 Å². The molecule has 1 fully saturated rings. The van der Waals surface area contributed by atoms with E-state index in [0.29, 0.717) is 25.9 Å². The van der Waals surface area contributed by atoms with E-state index in [2.05, 4.69) is 28.6 Å². The molecule has 1 unspecified atom stereocenters. The standard InChI is InChI=1S/C18H29N3O3/c1-3-19-18(21-14-17-8-5-9-23-17)20-13-15-6-4-7-16(12-15)24-11-10-22-2/h4,6-7,12,17H,3,5,8-11,13-14H2,1-2H3,(H2,19,20,21). The second-order valence-corrected chi connectivity index (χ2v) is 5.70. The van der Waals surface area contributed by atoms with Crippen LogP contribution in [0.15, 0.2) is 29.3 Å². The minimum atomic E-state index is 0.298. The highest BCUT2D eigenvalue weighted by molar-refractivity contribution is 5.79. The normalized spacial score (nSPS) is 17.8. The van der Waals surface area contributed by atoms with Gasteiger partial charge in [-0.3, -0.25) is 0 Å². The van der Waals surface area contributed by atoms with Crippen molar-refractivity contribution >= 4 is 5.96 Å². The second-order valence-electron chi connectivity index (χ2n) is 5.70. The van der Waals surface area contributed by atoms with Crippen LogP contribution >= 0.6 is 0 Å². The summed E-state index contributed by atoms with van der Waals surface area (Å²) in [5.41, 5.74) is 1.11. The van der Waals surface area contributed by atoms with E-state index < -0.39 is 0 Å². The molecule has 0 aromatic heterocycles. The number of hydrogen-bond acceptors (Lipinski definition) is 4. The van der Waals surface area contributed by atoms with E-state index in [1.165, 1.54) is 0 Å². The van der Waals surface area contributed by atoms with Gasteiger partial charge < -0.3 is 24.8 Å². The molecule has 0 bridgehead atoms. The van der Waals surface area contributed by atoms with E-state index in [0.717, 1.165) is 49.8 Å². The van der Waals surface area contributed by atoms with Crippen LogP contribution in [0.4, 0.5) is 0 Å². The van der Waals surface area contributed by atoms with Gasteiger partial charge in [0.25, 0.3) is 0 Å². The zero-order chi connectivity index (χ0) is 17.0. The summed E-state index contributed by atoms with van der Waals surface area (Å²) in [4.78, 5) is 4.64. The Bertz CT molecular complexity index is 502. The lowest BCUT2D eigenvalue weighted by atomic mass is 10.2. The van der Waals surface area contributed by atoms with Crippen molar-refractivity contribution in [1.29, 1.82) is 0 Å². The summed E-state index contributed by atoms with van der Waals surface area (Å²) in [6, 6.07) is 8.00. The summed E-state index contributed by atoms with van der Waals surface area (Å²) < 4.78 is 16.3. The van der Waals surface area contributed by atoms with Gasteiger partial charge in [-0.2, -0.15) is 0 Å². The zero-order valence-corrected chi connectivity index (χ0v) is 14.7. The van der Waals surface area contributed by atoms with Crippen LogP contribution in [0.2, 0.25) is 0 Å². The van der Waals surface area contributed by atoms with Gasteiger partial charge in [0.1, 0.15) is 12.4 Å². The monoisotopic (exact) mass is 335 g/mol. The third-order valence-corrected chi connectivity index (χ3v) is 3.74. The molecule has 1 aromatic rings. The van der Waals surface area contributed by atoms with E-state index in [9.17, 15) is 0 Å². The molecule has 24 heavy (non-hydrogen) atoms. The Balaban J connectivity index is 1.85. The van der Waals surface area contributed by atoms with Gasteiger partial charge in [0.15, 0.2) is 5.96 Å². The van der Waals surface area contributed by atoms with E-state index in [-0.39, 0.29) is 0 Å². The van der Waals surface area contributed by atoms with Crippen LogP contribution in [0, 0.1) is 0 Å². The third kappa shape index (κ3) is 6.76. The van der Waals surface area contributed by atoms with Gasteiger partial charge in [0.05, 0.1) is 19.3 Å². The fraction of sp³-hybridized carbons (Fsp3) is 0.611. The topological polar surface area (TPSA) is 64.1 Å². The molecule has 1 aromatic carbocycles. The molecule has 6 nitrogen and oxygen atoms in total. The smallest absolute Gasteiger partial charge is 0.191 e. The number of aliphatic imine (C=N–C) groups is 1. The SMILES string of the molecule is CCNC(=NCc1cccc(OCCOC)c1)NCC1CCCO1. The fourth-order valence-corrected chi connectivity index (χ4v) is 2.50. The van der Waals surface area contributed by atoms with Gasteiger partial charge in [-0.25, -0.2) is 4.99 Å². The largest absolute Gasteiger partial charge is 0.491 e. The Morgan fingerprint density at radius 3 is 3.00 bits per heavy atom. The molecule has 1 saturated heterocycles. The van der Waals surface area contributed by atoms with Crippen molar-refractivity contribution in [2.24, 2.45) is 4.99 Å². The molecular formula is C18H29N3O3. The van der Waals surface area contributed by atoms with Crippen LogP contribution in [0.5, 0.6) is 5.75 Å². The van der Waals surface area contributed by atoms with Crippen molar-refractivity contribution in [3.8, 4) is 5.75 Å². The molecule has 6 heteroatoms. The Kier molecular flexibility index (Phi) is 8.41. The average molecular weight is 335 g/mol. The molecule has 0 spiro atoms. The Morgan fingerprint density at radius 1 is 1.33 bits per heavy atom. The first-order chi connectivity index (χ1) is 11.8. The van der Waals surface area contributed by atoms with Gasteiger partial charge >= 0.3 is 0 Å². The first-order valence-corrected chi connectivity index (χ1v) is 8.66. The maximum atomic E-state index is 5.64. The maximum Gasteiger partial charge on any atom is 0.191 e. The Morgan fingerprint density at radius 2 is 2.25 bits per heavy atom. The van der Waals surface area contributed by atoms with Crippen molar-refractivity contribution in [3.05, 3.63) is 29.8 Å². The molecule has 2 N–H and O–H groups in total. The molecule has 134 valence electrons. The van der Waals surface area contributed by atoms with E-state index >= 15 is 0 Å². The number of nitrogens with one attached hydrogen (secondary N) is 2. The highest BCUT2D eigenvalue weighted by Crippen LogP contribution is 2.14. The number of hydrogen-bond donors (Lipinski definition) is 2. The van der Waals surface area contributed by atoms with Gasteiger partial charge in [-0.15, -0.1) is 0 Å². The average Bonchev–Trinajstić information content (AvgIpc) is 3.11. The van der Waals surface area contributed by atoms with Crippen LogP contribution in [-0.2, 0) is 16.0 Å². The first-order valence-electron chi connectivity index (χ1n) is 8.66. The fourth-order valence-electron chi connectivity index (χ4n) is 2.50. The van der Waals surface area contributed by atoms with Crippen molar-refractivity contribution < 1.29 is 14.2 Å². The minimum absolute atomic E-state index is 0.298. The van der Waals surface area contributed by atoms with E-state index in [1.54, 1.807) is 7.11 Å². The molecule has 1 atom stereocenters. The van der Waals surface area contributed by atoms with Gasteiger partial charge in [0, 0.05) is 26.8 Å². The number of nitrogens with zero attached hydrogens (tertiary/aromatic N) is 1. The van der Waals surface area contributed by atoms with E-state index in [1.807, 2.05) is 18.2 Å². The molecule has 1 aliphatic rings. The Labute approximate surface area is 144 Å². The predicted octanol–water partition coefficient (Wildman–Crippen LogP) is 1.95. The van der Waals surface area contributed by atoms with Gasteiger partial charge in [-0.1, -0.05) is 12.1 Å². The molecule has 1 aliphatic heterocycles. The van der Waals surface area contributed by atoms with Crippen molar-refractivity contribution in [1.82, 2.24) is 10.6 Å². The highest BCUT2D eigenvalue weighted by atomic mass is 16.5. The molecule has 2 rings (SSSR count). The van der Waals surface area contributed by atoms with Gasteiger partial charge in [0.2, 0.25) is 0 Å². The van der Waals surface area contributed by atoms with Crippen LogP contribution in [0.3, 0.4) is 0 Å².